The molecule has 6 nitrogen and oxygen atoms in total. The van der Waals surface area contributed by atoms with Crippen molar-refractivity contribution in [2.45, 2.75) is 28.9 Å². The number of aryl methyl sites for hydroxylation is 2. The summed E-state index contributed by atoms with van der Waals surface area (Å²) in [7, 11) is 0. The molecular formula is C21H16N4O2S3. The summed E-state index contributed by atoms with van der Waals surface area (Å²) in [5.74, 6) is 0.596. The van der Waals surface area contributed by atoms with Gasteiger partial charge in [0.2, 0.25) is 5.91 Å². The van der Waals surface area contributed by atoms with Crippen molar-refractivity contribution in [3.63, 3.8) is 0 Å². The van der Waals surface area contributed by atoms with E-state index in [2.05, 4.69) is 15.2 Å². The van der Waals surface area contributed by atoms with E-state index >= 15 is 0 Å². The largest absolute Gasteiger partial charge is 0.410 e. The van der Waals surface area contributed by atoms with Crippen LogP contribution in [0.2, 0.25) is 0 Å². The first-order valence-electron chi connectivity index (χ1n) is 9.20. The maximum Gasteiger partial charge on any atom is 0.277 e. The van der Waals surface area contributed by atoms with Crippen molar-refractivity contribution >= 4 is 52.1 Å². The summed E-state index contributed by atoms with van der Waals surface area (Å²) in [5.41, 5.74) is 2.66. The van der Waals surface area contributed by atoms with Gasteiger partial charge in [-0.05, 0) is 38.1 Å². The average Bonchev–Trinajstić information content (AvgIpc) is 3.35. The van der Waals surface area contributed by atoms with Crippen molar-refractivity contribution in [2.24, 2.45) is 0 Å². The smallest absolute Gasteiger partial charge is 0.277 e. The topological polar surface area (TPSA) is 72.1 Å². The van der Waals surface area contributed by atoms with E-state index in [1.54, 1.807) is 16.7 Å². The summed E-state index contributed by atoms with van der Waals surface area (Å²) in [5, 5.41) is 9.55. The van der Waals surface area contributed by atoms with Crippen LogP contribution in [0.4, 0.5) is 11.4 Å². The van der Waals surface area contributed by atoms with Gasteiger partial charge in [-0.3, -0.25) is 9.69 Å². The van der Waals surface area contributed by atoms with E-state index in [4.69, 9.17) is 4.42 Å². The number of hydrogen-bond acceptors (Lipinski definition) is 8. The molecule has 3 heterocycles. The second-order valence-corrected chi connectivity index (χ2v) is 9.79. The molecule has 1 amide bonds. The fourth-order valence-corrected chi connectivity index (χ4v) is 5.76. The number of thiazole rings is 1. The quantitative estimate of drug-likeness (QED) is 0.366. The van der Waals surface area contributed by atoms with E-state index in [9.17, 15) is 4.79 Å². The van der Waals surface area contributed by atoms with Crippen LogP contribution in [0, 0.1) is 13.8 Å². The number of benzene rings is 2. The molecule has 150 valence electrons. The van der Waals surface area contributed by atoms with Gasteiger partial charge in [0.05, 0.1) is 27.8 Å². The first-order valence-corrected chi connectivity index (χ1v) is 11.8. The highest BCUT2D eigenvalue weighted by Crippen LogP contribution is 2.48. The van der Waals surface area contributed by atoms with Crippen LogP contribution in [0.15, 0.2) is 68.0 Å². The van der Waals surface area contributed by atoms with Gasteiger partial charge in [-0.2, -0.15) is 0 Å². The van der Waals surface area contributed by atoms with Crippen LogP contribution in [0.25, 0.3) is 10.8 Å². The Bertz CT molecular complexity index is 1210. The van der Waals surface area contributed by atoms with Gasteiger partial charge in [0.25, 0.3) is 11.1 Å². The monoisotopic (exact) mass is 452 g/mol. The standard InChI is InChI=1S/C21H16N4O2S3/c1-12-19(29-13(2)22-12)20-23-24-21(27-20)28-11-18(26)25-14-7-3-5-9-16(14)30-17-10-6-4-8-15(17)25/h3-10H,11H2,1-2H3. The van der Waals surface area contributed by atoms with Crippen molar-refractivity contribution in [3.8, 4) is 10.8 Å². The predicted octanol–water partition coefficient (Wildman–Crippen LogP) is 5.73. The first-order chi connectivity index (χ1) is 14.6. The number of hydrogen-bond donors (Lipinski definition) is 0. The number of rotatable bonds is 4. The Balaban J connectivity index is 1.37. The minimum atomic E-state index is -0.0373. The Morgan fingerprint density at radius 1 is 1.03 bits per heavy atom. The Morgan fingerprint density at radius 2 is 1.70 bits per heavy atom. The van der Waals surface area contributed by atoms with Gasteiger partial charge in [-0.15, -0.1) is 21.5 Å². The summed E-state index contributed by atoms with van der Waals surface area (Å²) in [6.45, 7) is 3.86. The lowest BCUT2D eigenvalue weighted by Crippen LogP contribution is -2.29. The van der Waals surface area contributed by atoms with Crippen LogP contribution < -0.4 is 4.90 Å². The number of carbonyl (C=O) groups is 1. The van der Waals surface area contributed by atoms with E-state index in [1.807, 2.05) is 62.4 Å². The van der Waals surface area contributed by atoms with Crippen LogP contribution in [-0.4, -0.2) is 26.8 Å². The number of carbonyl (C=O) groups excluding carboxylic acids is 1. The third-order valence-electron chi connectivity index (χ3n) is 4.50. The minimum absolute atomic E-state index is 0.0373. The Kier molecular flexibility index (Phi) is 5.10. The zero-order valence-electron chi connectivity index (χ0n) is 16.2. The molecule has 0 aliphatic carbocycles. The van der Waals surface area contributed by atoms with Crippen LogP contribution in [0.1, 0.15) is 10.7 Å². The molecule has 0 atom stereocenters. The molecule has 0 saturated heterocycles. The number of anilines is 2. The molecule has 1 aliphatic heterocycles. The normalized spacial score (nSPS) is 12.5. The lowest BCUT2D eigenvalue weighted by molar-refractivity contribution is -0.115. The molecule has 0 radical (unpaired) electrons. The highest BCUT2D eigenvalue weighted by molar-refractivity contribution is 8.00. The number of amides is 1. The van der Waals surface area contributed by atoms with Gasteiger partial charge < -0.3 is 4.42 Å². The fourth-order valence-electron chi connectivity index (χ4n) is 3.25. The number of aromatic nitrogens is 3. The summed E-state index contributed by atoms with van der Waals surface area (Å²) >= 11 is 4.44. The number of thioether (sulfide) groups is 1. The van der Waals surface area contributed by atoms with E-state index in [-0.39, 0.29) is 11.7 Å². The molecule has 9 heteroatoms. The summed E-state index contributed by atoms with van der Waals surface area (Å²) in [4.78, 5) is 22.4. The molecule has 0 saturated carbocycles. The Hall–Kier alpha value is -2.62. The molecule has 0 fully saturated rings. The second kappa shape index (κ2) is 7.90. The average molecular weight is 453 g/mol. The summed E-state index contributed by atoms with van der Waals surface area (Å²) < 4.78 is 5.78. The van der Waals surface area contributed by atoms with Crippen molar-refractivity contribution in [1.82, 2.24) is 15.2 Å². The van der Waals surface area contributed by atoms with E-state index in [0.29, 0.717) is 11.1 Å². The SMILES string of the molecule is Cc1nc(C)c(-c2nnc(SCC(=O)N3c4ccccc4Sc4ccccc43)o2)s1. The third-order valence-corrected chi connectivity index (χ3v) is 7.50. The number of nitrogens with zero attached hydrogens (tertiary/aromatic N) is 4. The molecule has 2 aromatic carbocycles. The Morgan fingerprint density at radius 3 is 2.33 bits per heavy atom. The van der Waals surface area contributed by atoms with Crippen LogP contribution in [0.5, 0.6) is 0 Å². The summed E-state index contributed by atoms with van der Waals surface area (Å²) in [6, 6.07) is 15.9. The van der Waals surface area contributed by atoms with Crippen molar-refractivity contribution < 1.29 is 9.21 Å². The van der Waals surface area contributed by atoms with Gasteiger partial charge in [0.15, 0.2) is 0 Å². The molecule has 0 spiro atoms. The molecule has 5 rings (SSSR count). The maximum absolute atomic E-state index is 13.2. The molecule has 0 unspecified atom stereocenters. The molecule has 0 bridgehead atoms. The lowest BCUT2D eigenvalue weighted by atomic mass is 10.2. The van der Waals surface area contributed by atoms with Crippen LogP contribution in [0.3, 0.4) is 0 Å². The fraction of sp³-hybridized carbons (Fsp3) is 0.143. The Labute approximate surface area is 185 Å². The van der Waals surface area contributed by atoms with E-state index < -0.39 is 0 Å². The zero-order chi connectivity index (χ0) is 20.7. The molecule has 2 aromatic heterocycles. The zero-order valence-corrected chi connectivity index (χ0v) is 18.6. The highest BCUT2D eigenvalue weighted by atomic mass is 32.2. The van der Waals surface area contributed by atoms with Gasteiger partial charge >= 0.3 is 0 Å². The van der Waals surface area contributed by atoms with E-state index in [0.717, 1.165) is 36.7 Å². The third kappa shape index (κ3) is 3.53. The van der Waals surface area contributed by atoms with Crippen LogP contribution >= 0.6 is 34.9 Å². The van der Waals surface area contributed by atoms with Crippen molar-refractivity contribution in [2.75, 3.05) is 10.7 Å². The van der Waals surface area contributed by atoms with Gasteiger partial charge in [-0.1, -0.05) is 47.8 Å². The van der Waals surface area contributed by atoms with Gasteiger partial charge in [0, 0.05) is 9.79 Å². The van der Waals surface area contributed by atoms with Crippen molar-refractivity contribution in [1.29, 1.82) is 0 Å². The van der Waals surface area contributed by atoms with Crippen molar-refractivity contribution in [3.05, 3.63) is 59.2 Å². The first kappa shape index (κ1) is 19.3. The van der Waals surface area contributed by atoms with Gasteiger partial charge in [0.1, 0.15) is 4.88 Å². The van der Waals surface area contributed by atoms with Gasteiger partial charge in [-0.25, -0.2) is 4.98 Å². The number of para-hydroxylation sites is 2. The highest BCUT2D eigenvalue weighted by Gasteiger charge is 2.28. The maximum atomic E-state index is 13.2. The molecule has 30 heavy (non-hydrogen) atoms. The van der Waals surface area contributed by atoms with E-state index in [1.165, 1.54) is 23.1 Å². The lowest BCUT2D eigenvalue weighted by Gasteiger charge is -2.30. The number of fused-ring (bicyclic) bond motifs is 2. The molecule has 0 N–H and O–H groups in total. The minimum Gasteiger partial charge on any atom is -0.410 e. The molecule has 4 aromatic rings. The summed E-state index contributed by atoms with van der Waals surface area (Å²) in [6.07, 6.45) is 0. The molecular weight excluding hydrogens is 436 g/mol. The predicted molar refractivity (Wildman–Crippen MR) is 120 cm³/mol. The second-order valence-electron chi connectivity index (χ2n) is 6.58. The van der Waals surface area contributed by atoms with Crippen LogP contribution in [-0.2, 0) is 4.79 Å². The molecule has 1 aliphatic rings.